The van der Waals surface area contributed by atoms with Gasteiger partial charge in [-0.15, -0.1) is 6.42 Å². The number of ether oxygens (including phenoxy) is 1. The van der Waals surface area contributed by atoms with Crippen molar-refractivity contribution < 1.29 is 9.53 Å². The molecule has 0 aliphatic heterocycles. The molecule has 0 N–H and O–H groups in total. The molecule has 2 aromatic rings. The minimum Gasteiger partial charge on any atom is -0.465 e. The fourth-order valence-corrected chi connectivity index (χ4v) is 2.00. The van der Waals surface area contributed by atoms with Gasteiger partial charge in [0.05, 0.1) is 24.1 Å². The molecule has 2 aromatic heterocycles. The van der Waals surface area contributed by atoms with E-state index in [1.807, 2.05) is 0 Å². The number of thioether (sulfide) groups is 1. The van der Waals surface area contributed by atoms with Crippen molar-refractivity contribution in [2.45, 2.75) is 12.1 Å². The van der Waals surface area contributed by atoms with E-state index in [-0.39, 0.29) is 11.7 Å². The summed E-state index contributed by atoms with van der Waals surface area (Å²) in [6.45, 7) is 2.13. The van der Waals surface area contributed by atoms with Crippen LogP contribution in [-0.2, 0) is 9.53 Å². The van der Waals surface area contributed by atoms with Crippen molar-refractivity contribution in [3.63, 3.8) is 0 Å². The number of rotatable bonds is 5. The maximum atomic E-state index is 11.3. The van der Waals surface area contributed by atoms with Crippen LogP contribution in [0.25, 0.3) is 5.82 Å². The number of esters is 1. The lowest BCUT2D eigenvalue weighted by Gasteiger charge is -2.03. The fourth-order valence-electron chi connectivity index (χ4n) is 1.38. The molecule has 2 heterocycles. The number of aromatic nitrogens is 4. The normalized spacial score (nSPS) is 10.0. The first kappa shape index (κ1) is 14.1. The Morgan fingerprint density at radius 2 is 2.45 bits per heavy atom. The summed E-state index contributed by atoms with van der Waals surface area (Å²) in [6, 6.07) is 1.71. The zero-order valence-corrected chi connectivity index (χ0v) is 11.6. The molecule has 7 heteroatoms. The van der Waals surface area contributed by atoms with Crippen molar-refractivity contribution in [1.82, 2.24) is 19.7 Å². The molecule has 20 heavy (non-hydrogen) atoms. The third kappa shape index (κ3) is 3.59. The van der Waals surface area contributed by atoms with Crippen LogP contribution < -0.4 is 0 Å². The highest BCUT2D eigenvalue weighted by molar-refractivity contribution is 7.99. The molecule has 0 saturated carbocycles. The quantitative estimate of drug-likeness (QED) is 0.357. The predicted octanol–water partition coefficient (Wildman–Crippen LogP) is 1.30. The van der Waals surface area contributed by atoms with E-state index in [0.717, 1.165) is 0 Å². The second-order valence-corrected chi connectivity index (χ2v) is 4.55. The SMILES string of the molecule is C#Cc1cnn(-c2ccnc(SCC(=O)OCC)n2)c1. The standard InChI is InChI=1S/C13H12N4O2S/c1-3-10-7-15-17(8-10)11-5-6-14-13(16-11)20-9-12(18)19-4-2/h1,5-8H,4,9H2,2H3. The van der Waals surface area contributed by atoms with Crippen molar-refractivity contribution >= 4 is 17.7 Å². The Bertz CT molecular complexity index is 648. The molecule has 0 radical (unpaired) electrons. The van der Waals surface area contributed by atoms with Gasteiger partial charge in [0.25, 0.3) is 0 Å². The van der Waals surface area contributed by atoms with Gasteiger partial charge in [0.15, 0.2) is 11.0 Å². The number of nitrogens with zero attached hydrogens (tertiary/aromatic N) is 4. The maximum Gasteiger partial charge on any atom is 0.316 e. The lowest BCUT2D eigenvalue weighted by Crippen LogP contribution is -2.07. The van der Waals surface area contributed by atoms with Crippen molar-refractivity contribution in [2.75, 3.05) is 12.4 Å². The average molecular weight is 288 g/mol. The topological polar surface area (TPSA) is 69.9 Å². The van der Waals surface area contributed by atoms with Gasteiger partial charge in [-0.2, -0.15) is 5.10 Å². The highest BCUT2D eigenvalue weighted by Crippen LogP contribution is 2.14. The van der Waals surface area contributed by atoms with Gasteiger partial charge in [-0.1, -0.05) is 17.7 Å². The highest BCUT2D eigenvalue weighted by atomic mass is 32.2. The van der Waals surface area contributed by atoms with Crippen LogP contribution in [-0.4, -0.2) is 38.1 Å². The van der Waals surface area contributed by atoms with Gasteiger partial charge in [0.2, 0.25) is 0 Å². The Morgan fingerprint density at radius 1 is 1.60 bits per heavy atom. The van der Waals surface area contributed by atoms with Crippen LogP contribution in [0.3, 0.4) is 0 Å². The summed E-state index contributed by atoms with van der Waals surface area (Å²) in [5.41, 5.74) is 0.671. The largest absolute Gasteiger partial charge is 0.465 e. The zero-order chi connectivity index (χ0) is 14.4. The van der Waals surface area contributed by atoms with Gasteiger partial charge >= 0.3 is 5.97 Å². The summed E-state index contributed by atoms with van der Waals surface area (Å²) >= 11 is 1.21. The Labute approximate surface area is 120 Å². The molecule has 0 spiro atoms. The summed E-state index contributed by atoms with van der Waals surface area (Å²) in [6.07, 6.45) is 10.2. The van der Waals surface area contributed by atoms with E-state index in [2.05, 4.69) is 21.0 Å². The van der Waals surface area contributed by atoms with Crippen LogP contribution in [0.2, 0.25) is 0 Å². The van der Waals surface area contributed by atoms with Gasteiger partial charge in [-0.25, -0.2) is 14.6 Å². The molecule has 0 aromatic carbocycles. The number of terminal acetylenes is 1. The Balaban J connectivity index is 2.08. The monoisotopic (exact) mass is 288 g/mol. The lowest BCUT2D eigenvalue weighted by molar-refractivity contribution is -0.139. The van der Waals surface area contributed by atoms with E-state index in [0.29, 0.717) is 23.1 Å². The summed E-state index contributed by atoms with van der Waals surface area (Å²) in [5, 5.41) is 4.59. The molecule has 0 aliphatic carbocycles. The van der Waals surface area contributed by atoms with Crippen LogP contribution in [0.4, 0.5) is 0 Å². The molecule has 0 aliphatic rings. The van der Waals surface area contributed by atoms with Gasteiger partial charge in [0, 0.05) is 18.5 Å². The Kier molecular flexibility index (Phi) is 4.74. The van der Waals surface area contributed by atoms with Crippen molar-refractivity contribution in [1.29, 1.82) is 0 Å². The molecule has 0 fully saturated rings. The molecular formula is C13H12N4O2S. The second-order valence-electron chi connectivity index (χ2n) is 3.61. The highest BCUT2D eigenvalue weighted by Gasteiger charge is 2.07. The van der Waals surface area contributed by atoms with E-state index in [1.165, 1.54) is 11.8 Å². The number of carbonyl (C=O) groups excluding carboxylic acids is 1. The molecule has 0 atom stereocenters. The third-order valence-electron chi connectivity index (χ3n) is 2.23. The van der Waals surface area contributed by atoms with E-state index in [4.69, 9.17) is 11.2 Å². The number of hydrogen-bond acceptors (Lipinski definition) is 6. The summed E-state index contributed by atoms with van der Waals surface area (Å²) < 4.78 is 6.40. The molecule has 0 amide bonds. The molecular weight excluding hydrogens is 276 g/mol. The smallest absolute Gasteiger partial charge is 0.316 e. The fraction of sp³-hybridized carbons (Fsp3) is 0.231. The average Bonchev–Trinajstić information content (AvgIpc) is 2.95. The van der Waals surface area contributed by atoms with Crippen LogP contribution in [0.5, 0.6) is 0 Å². The minimum absolute atomic E-state index is 0.173. The Morgan fingerprint density at radius 3 is 3.15 bits per heavy atom. The molecule has 0 saturated heterocycles. The number of carbonyl (C=O) groups is 1. The van der Waals surface area contributed by atoms with E-state index in [1.54, 1.807) is 36.3 Å². The molecule has 0 bridgehead atoms. The van der Waals surface area contributed by atoms with Crippen molar-refractivity contribution in [2.24, 2.45) is 0 Å². The predicted molar refractivity (Wildman–Crippen MR) is 74.4 cm³/mol. The van der Waals surface area contributed by atoms with Crippen LogP contribution >= 0.6 is 11.8 Å². The summed E-state index contributed by atoms with van der Waals surface area (Å²) in [7, 11) is 0. The first-order valence-electron chi connectivity index (χ1n) is 5.86. The molecule has 2 rings (SSSR count). The lowest BCUT2D eigenvalue weighted by atomic mass is 10.4. The first-order chi connectivity index (χ1) is 9.72. The van der Waals surface area contributed by atoms with E-state index in [9.17, 15) is 4.79 Å². The second kappa shape index (κ2) is 6.73. The van der Waals surface area contributed by atoms with Crippen LogP contribution in [0.15, 0.2) is 29.8 Å². The van der Waals surface area contributed by atoms with Crippen molar-refractivity contribution in [3.05, 3.63) is 30.2 Å². The minimum atomic E-state index is -0.291. The molecule has 102 valence electrons. The van der Waals surface area contributed by atoms with Gasteiger partial charge < -0.3 is 4.74 Å². The summed E-state index contributed by atoms with van der Waals surface area (Å²) in [4.78, 5) is 19.7. The van der Waals surface area contributed by atoms with E-state index < -0.39 is 0 Å². The molecule has 0 unspecified atom stereocenters. The van der Waals surface area contributed by atoms with E-state index >= 15 is 0 Å². The van der Waals surface area contributed by atoms with Gasteiger partial charge in [-0.05, 0) is 6.92 Å². The van der Waals surface area contributed by atoms with Gasteiger partial charge in [-0.3, -0.25) is 4.79 Å². The summed E-state index contributed by atoms with van der Waals surface area (Å²) in [5.74, 6) is 2.96. The van der Waals surface area contributed by atoms with Gasteiger partial charge in [0.1, 0.15) is 0 Å². The molecule has 6 nitrogen and oxygen atoms in total. The zero-order valence-electron chi connectivity index (χ0n) is 10.8. The number of hydrogen-bond donors (Lipinski definition) is 0. The first-order valence-corrected chi connectivity index (χ1v) is 6.84. The maximum absolute atomic E-state index is 11.3. The Hall–Kier alpha value is -2.33. The van der Waals surface area contributed by atoms with Crippen molar-refractivity contribution in [3.8, 4) is 18.2 Å². The van der Waals surface area contributed by atoms with Crippen LogP contribution in [0.1, 0.15) is 12.5 Å². The van der Waals surface area contributed by atoms with Crippen LogP contribution in [0, 0.1) is 12.3 Å². The third-order valence-corrected chi connectivity index (χ3v) is 3.06.